The van der Waals surface area contributed by atoms with Gasteiger partial charge in [0.25, 0.3) is 5.91 Å². The minimum Gasteiger partial charge on any atom is -0.344 e. The number of rotatable bonds is 4. The normalized spacial score (nSPS) is 15.3. The summed E-state index contributed by atoms with van der Waals surface area (Å²) in [5, 5.41) is 4.91. The maximum Gasteiger partial charge on any atom is 0.280 e. The molecule has 0 saturated carbocycles. The lowest BCUT2D eigenvalue weighted by atomic mass is 10.0. The first kappa shape index (κ1) is 22.7. The summed E-state index contributed by atoms with van der Waals surface area (Å²) in [4.78, 5) is 13.0. The standard InChI is InChI=1S/C24H20F5N3O/c1-5-8-31-13(4)15(16-9-11(2)6-7-17(16)31)10-14-12(3)30-32(24(14)33)23-21(28)19(26)18(25)20(27)22(23)29/h6-7,9-10H,5,8H2,1-4H3/b14-10+. The van der Waals surface area contributed by atoms with Gasteiger partial charge in [-0.3, -0.25) is 4.79 Å². The lowest BCUT2D eigenvalue weighted by molar-refractivity contribution is -0.114. The molecule has 3 aromatic rings. The Morgan fingerprint density at radius 2 is 1.55 bits per heavy atom. The number of amides is 1. The van der Waals surface area contributed by atoms with Crippen molar-refractivity contribution in [2.75, 3.05) is 5.01 Å². The number of nitrogens with zero attached hydrogens (tertiary/aromatic N) is 3. The Labute approximate surface area is 186 Å². The minimum absolute atomic E-state index is 0.000837. The summed E-state index contributed by atoms with van der Waals surface area (Å²) in [6.45, 7) is 8.04. The first-order chi connectivity index (χ1) is 15.6. The van der Waals surface area contributed by atoms with E-state index in [-0.39, 0.29) is 16.3 Å². The van der Waals surface area contributed by atoms with Crippen molar-refractivity contribution in [3.05, 3.63) is 69.7 Å². The number of hydrazone groups is 1. The summed E-state index contributed by atoms with van der Waals surface area (Å²) in [7, 11) is 0. The van der Waals surface area contributed by atoms with E-state index in [9.17, 15) is 26.7 Å². The van der Waals surface area contributed by atoms with Crippen molar-refractivity contribution in [1.29, 1.82) is 0 Å². The van der Waals surface area contributed by atoms with Crippen LogP contribution in [0.1, 0.15) is 37.1 Å². The molecule has 0 fully saturated rings. The van der Waals surface area contributed by atoms with E-state index in [1.807, 2.05) is 39.0 Å². The van der Waals surface area contributed by atoms with Crippen LogP contribution in [0.4, 0.5) is 27.6 Å². The fourth-order valence-corrected chi connectivity index (χ4v) is 4.08. The third-order valence-electron chi connectivity index (χ3n) is 5.72. The van der Waals surface area contributed by atoms with Crippen LogP contribution in [-0.2, 0) is 11.3 Å². The van der Waals surface area contributed by atoms with Crippen LogP contribution in [-0.4, -0.2) is 16.2 Å². The number of hydrogen-bond acceptors (Lipinski definition) is 2. The monoisotopic (exact) mass is 461 g/mol. The highest BCUT2D eigenvalue weighted by molar-refractivity contribution is 6.32. The van der Waals surface area contributed by atoms with Gasteiger partial charge >= 0.3 is 0 Å². The topological polar surface area (TPSA) is 37.6 Å². The van der Waals surface area contributed by atoms with Gasteiger partial charge in [0.1, 0.15) is 5.69 Å². The molecule has 4 rings (SSSR count). The third-order valence-corrected chi connectivity index (χ3v) is 5.72. The van der Waals surface area contributed by atoms with Gasteiger partial charge in [0.15, 0.2) is 23.3 Å². The van der Waals surface area contributed by atoms with Gasteiger partial charge in [0, 0.05) is 28.7 Å². The van der Waals surface area contributed by atoms with Crippen LogP contribution in [0.5, 0.6) is 0 Å². The van der Waals surface area contributed by atoms with Crippen molar-refractivity contribution < 1.29 is 26.7 Å². The number of aromatic nitrogens is 1. The molecule has 0 spiro atoms. The smallest absolute Gasteiger partial charge is 0.280 e. The number of aryl methyl sites for hydroxylation is 2. The third kappa shape index (κ3) is 3.42. The van der Waals surface area contributed by atoms with E-state index in [2.05, 4.69) is 9.67 Å². The van der Waals surface area contributed by atoms with Gasteiger partial charge in [-0.25, -0.2) is 22.0 Å². The van der Waals surface area contributed by atoms with Gasteiger partial charge in [-0.1, -0.05) is 18.6 Å². The van der Waals surface area contributed by atoms with E-state index in [1.165, 1.54) is 6.92 Å². The molecule has 1 aromatic heterocycles. The Kier molecular flexibility index (Phi) is 5.59. The van der Waals surface area contributed by atoms with Crippen LogP contribution in [0.3, 0.4) is 0 Å². The zero-order valence-corrected chi connectivity index (χ0v) is 18.4. The molecule has 1 amide bonds. The highest BCUT2D eigenvalue weighted by atomic mass is 19.2. The zero-order chi connectivity index (χ0) is 24.2. The summed E-state index contributed by atoms with van der Waals surface area (Å²) >= 11 is 0. The number of benzene rings is 2. The van der Waals surface area contributed by atoms with Crippen molar-refractivity contribution in [2.45, 2.75) is 40.7 Å². The van der Waals surface area contributed by atoms with E-state index in [4.69, 9.17) is 0 Å². The van der Waals surface area contributed by atoms with Crippen molar-refractivity contribution in [2.24, 2.45) is 5.10 Å². The predicted octanol–water partition coefficient (Wildman–Crippen LogP) is 6.17. The first-order valence-electron chi connectivity index (χ1n) is 10.3. The van der Waals surface area contributed by atoms with Gasteiger partial charge in [-0.05, 0) is 45.4 Å². The molecule has 2 heterocycles. The molecule has 172 valence electrons. The molecule has 1 aliphatic heterocycles. The summed E-state index contributed by atoms with van der Waals surface area (Å²) < 4.78 is 71.6. The molecule has 9 heteroatoms. The molecular weight excluding hydrogens is 441 g/mol. The predicted molar refractivity (Wildman–Crippen MR) is 117 cm³/mol. The Balaban J connectivity index is 1.88. The minimum atomic E-state index is -2.30. The Morgan fingerprint density at radius 1 is 0.939 bits per heavy atom. The molecule has 4 nitrogen and oxygen atoms in total. The number of hydrogen-bond donors (Lipinski definition) is 0. The maximum atomic E-state index is 14.3. The first-order valence-corrected chi connectivity index (χ1v) is 10.3. The molecule has 0 saturated heterocycles. The van der Waals surface area contributed by atoms with Gasteiger partial charge < -0.3 is 4.57 Å². The SMILES string of the molecule is CCCn1c(C)c(/C=C2/C(=O)N(c3c(F)c(F)c(F)c(F)c3F)N=C2C)c2cc(C)ccc21. The van der Waals surface area contributed by atoms with E-state index in [1.54, 1.807) is 6.08 Å². The second kappa shape index (κ2) is 8.13. The molecule has 0 radical (unpaired) electrons. The van der Waals surface area contributed by atoms with Gasteiger partial charge in [0.2, 0.25) is 5.82 Å². The Hall–Kier alpha value is -3.49. The lowest BCUT2D eigenvalue weighted by Crippen LogP contribution is -2.25. The molecule has 0 atom stereocenters. The number of carbonyl (C=O) groups excluding carboxylic acids is 1. The summed E-state index contributed by atoms with van der Waals surface area (Å²) in [6, 6.07) is 5.92. The fourth-order valence-electron chi connectivity index (χ4n) is 4.08. The molecule has 33 heavy (non-hydrogen) atoms. The number of halogens is 5. The largest absolute Gasteiger partial charge is 0.344 e. The zero-order valence-electron chi connectivity index (χ0n) is 18.4. The average Bonchev–Trinajstić information content (AvgIpc) is 3.19. The van der Waals surface area contributed by atoms with Crippen LogP contribution in [0.25, 0.3) is 17.0 Å². The summed E-state index contributed by atoms with van der Waals surface area (Å²) in [6.07, 6.45) is 2.43. The molecular formula is C24H20F5N3O. The molecule has 2 aromatic carbocycles. The molecule has 0 bridgehead atoms. The van der Waals surface area contributed by atoms with Gasteiger partial charge in [-0.15, -0.1) is 0 Å². The summed E-state index contributed by atoms with van der Waals surface area (Å²) in [5.74, 6) is -11.8. The molecule has 0 unspecified atom stereocenters. The Morgan fingerprint density at radius 3 is 2.15 bits per heavy atom. The molecule has 0 aliphatic carbocycles. The van der Waals surface area contributed by atoms with Crippen molar-refractivity contribution in [3.8, 4) is 0 Å². The number of fused-ring (bicyclic) bond motifs is 1. The van der Waals surface area contributed by atoms with E-state index in [0.29, 0.717) is 0 Å². The van der Waals surface area contributed by atoms with Crippen LogP contribution >= 0.6 is 0 Å². The van der Waals surface area contributed by atoms with E-state index >= 15 is 0 Å². The van der Waals surface area contributed by atoms with Crippen LogP contribution in [0.15, 0.2) is 28.9 Å². The van der Waals surface area contributed by atoms with Crippen LogP contribution in [0.2, 0.25) is 0 Å². The second-order valence-electron chi connectivity index (χ2n) is 7.95. The number of carbonyl (C=O) groups is 1. The van der Waals surface area contributed by atoms with Crippen LogP contribution < -0.4 is 5.01 Å². The van der Waals surface area contributed by atoms with E-state index in [0.717, 1.165) is 40.7 Å². The van der Waals surface area contributed by atoms with Crippen molar-refractivity contribution in [3.63, 3.8) is 0 Å². The number of anilines is 1. The van der Waals surface area contributed by atoms with Crippen LogP contribution in [0, 0.1) is 42.9 Å². The van der Waals surface area contributed by atoms with Crippen molar-refractivity contribution >= 4 is 34.3 Å². The Bertz CT molecular complexity index is 1360. The molecule has 1 aliphatic rings. The second-order valence-corrected chi connectivity index (χ2v) is 7.95. The fraction of sp³-hybridized carbons (Fsp3) is 0.250. The quantitative estimate of drug-likeness (QED) is 0.198. The van der Waals surface area contributed by atoms with Crippen molar-refractivity contribution in [1.82, 2.24) is 4.57 Å². The lowest BCUT2D eigenvalue weighted by Gasteiger charge is -2.15. The average molecular weight is 461 g/mol. The van der Waals surface area contributed by atoms with E-state index < -0.39 is 40.7 Å². The van der Waals surface area contributed by atoms with Gasteiger partial charge in [-0.2, -0.15) is 10.1 Å². The summed E-state index contributed by atoms with van der Waals surface area (Å²) in [5.41, 5.74) is 2.25. The highest BCUT2D eigenvalue weighted by Crippen LogP contribution is 2.35. The van der Waals surface area contributed by atoms with Gasteiger partial charge in [0.05, 0.1) is 11.3 Å². The maximum absolute atomic E-state index is 14.3. The molecule has 0 N–H and O–H groups in total. The highest BCUT2D eigenvalue weighted by Gasteiger charge is 2.37.